The number of alkyl halides is 1. The second-order valence-corrected chi connectivity index (χ2v) is 2.42. The number of cyclic esters (lactones) is 1. The molecular weight excluding hydrogens is 163 g/mol. The highest BCUT2D eigenvalue weighted by Crippen LogP contribution is 2.11. The standard InChI is InChI=1S/C7H11FN2O2/c1-9-3-2-6(8)10-4-5-12-7(10)11/h3,6H,2,4-5H2,1H3. The molecule has 0 bridgehead atoms. The average Bonchev–Trinajstić information content (AvgIpc) is 2.47. The molecule has 5 heteroatoms. The fourth-order valence-electron chi connectivity index (χ4n) is 0.980. The van der Waals surface area contributed by atoms with Gasteiger partial charge in [0.1, 0.15) is 6.61 Å². The summed E-state index contributed by atoms with van der Waals surface area (Å²) < 4.78 is 17.6. The Kier molecular flexibility index (Phi) is 3.01. The quantitative estimate of drug-likeness (QED) is 0.469. The van der Waals surface area contributed by atoms with Gasteiger partial charge in [-0.15, -0.1) is 0 Å². The molecule has 0 N–H and O–H groups in total. The highest BCUT2D eigenvalue weighted by atomic mass is 19.1. The number of hydrogen-bond donors (Lipinski definition) is 0. The van der Waals surface area contributed by atoms with Crippen LogP contribution in [0.25, 0.3) is 0 Å². The number of amides is 1. The third-order valence-electron chi connectivity index (χ3n) is 1.61. The highest BCUT2D eigenvalue weighted by molar-refractivity contribution is 5.70. The first-order chi connectivity index (χ1) is 5.75. The molecule has 0 aliphatic carbocycles. The van der Waals surface area contributed by atoms with Crippen LogP contribution in [-0.2, 0) is 4.74 Å². The average molecular weight is 174 g/mol. The Labute approximate surface area is 70.0 Å². The highest BCUT2D eigenvalue weighted by Gasteiger charge is 2.28. The fourth-order valence-corrected chi connectivity index (χ4v) is 0.980. The summed E-state index contributed by atoms with van der Waals surface area (Å²) in [6, 6.07) is 0. The van der Waals surface area contributed by atoms with Gasteiger partial charge >= 0.3 is 6.09 Å². The van der Waals surface area contributed by atoms with Gasteiger partial charge < -0.3 is 9.73 Å². The van der Waals surface area contributed by atoms with E-state index in [2.05, 4.69) is 9.73 Å². The van der Waals surface area contributed by atoms with E-state index < -0.39 is 12.4 Å². The van der Waals surface area contributed by atoms with Crippen LogP contribution in [0.4, 0.5) is 9.18 Å². The van der Waals surface area contributed by atoms with Crippen molar-refractivity contribution in [1.82, 2.24) is 4.90 Å². The van der Waals surface area contributed by atoms with Crippen molar-refractivity contribution in [1.29, 1.82) is 0 Å². The van der Waals surface area contributed by atoms with Crippen LogP contribution in [0.1, 0.15) is 6.42 Å². The molecule has 1 rings (SSSR count). The Balaban J connectivity index is 2.40. The summed E-state index contributed by atoms with van der Waals surface area (Å²) in [5.74, 6) is 0. The topological polar surface area (TPSA) is 41.9 Å². The number of ether oxygens (including phenoxy) is 1. The van der Waals surface area contributed by atoms with Gasteiger partial charge in [-0.1, -0.05) is 0 Å². The Bertz CT molecular complexity index is 196. The minimum absolute atomic E-state index is 0.131. The monoisotopic (exact) mass is 174 g/mol. The van der Waals surface area contributed by atoms with Gasteiger partial charge in [0.25, 0.3) is 0 Å². The predicted molar refractivity (Wildman–Crippen MR) is 42.0 cm³/mol. The SMILES string of the molecule is CN=CCC(F)N1CCOC1=O. The van der Waals surface area contributed by atoms with Crippen LogP contribution in [0.2, 0.25) is 0 Å². The van der Waals surface area contributed by atoms with Gasteiger partial charge in [-0.05, 0) is 0 Å². The van der Waals surface area contributed by atoms with E-state index in [0.717, 1.165) is 4.90 Å². The van der Waals surface area contributed by atoms with Crippen molar-refractivity contribution in [3.05, 3.63) is 0 Å². The molecule has 0 aromatic rings. The summed E-state index contributed by atoms with van der Waals surface area (Å²) in [7, 11) is 1.56. The molecule has 1 aliphatic heterocycles. The Morgan fingerprint density at radius 2 is 2.67 bits per heavy atom. The third kappa shape index (κ3) is 1.93. The van der Waals surface area contributed by atoms with Crippen LogP contribution in [0.3, 0.4) is 0 Å². The molecule has 1 atom stereocenters. The van der Waals surface area contributed by atoms with E-state index in [1.807, 2.05) is 0 Å². The summed E-state index contributed by atoms with van der Waals surface area (Å²) >= 11 is 0. The first kappa shape index (κ1) is 8.96. The molecule has 1 amide bonds. The van der Waals surface area contributed by atoms with Crippen molar-refractivity contribution in [2.24, 2.45) is 4.99 Å². The number of nitrogens with zero attached hydrogens (tertiary/aromatic N) is 2. The molecule has 0 aromatic carbocycles. The van der Waals surface area contributed by atoms with Gasteiger partial charge in [0.05, 0.1) is 6.54 Å². The molecule has 1 saturated heterocycles. The summed E-state index contributed by atoms with van der Waals surface area (Å²) in [5, 5.41) is 0. The lowest BCUT2D eigenvalue weighted by molar-refractivity contribution is 0.110. The number of carbonyl (C=O) groups excluding carboxylic acids is 1. The second kappa shape index (κ2) is 4.04. The van der Waals surface area contributed by atoms with Crippen LogP contribution in [0.5, 0.6) is 0 Å². The first-order valence-corrected chi connectivity index (χ1v) is 3.74. The molecule has 1 aliphatic rings. The number of aliphatic imine (C=N–C) groups is 1. The zero-order valence-electron chi connectivity index (χ0n) is 6.86. The predicted octanol–water partition coefficient (Wildman–Crippen LogP) is 0.825. The zero-order valence-corrected chi connectivity index (χ0v) is 6.86. The molecule has 0 radical (unpaired) electrons. The van der Waals surface area contributed by atoms with Gasteiger partial charge in [0.15, 0.2) is 6.30 Å². The van der Waals surface area contributed by atoms with Gasteiger partial charge in [-0.25, -0.2) is 9.18 Å². The maximum absolute atomic E-state index is 13.1. The van der Waals surface area contributed by atoms with Crippen LogP contribution >= 0.6 is 0 Å². The van der Waals surface area contributed by atoms with E-state index >= 15 is 0 Å². The number of carbonyl (C=O) groups is 1. The fraction of sp³-hybridized carbons (Fsp3) is 0.714. The molecule has 68 valence electrons. The summed E-state index contributed by atoms with van der Waals surface area (Å²) in [4.78, 5) is 15.5. The minimum atomic E-state index is -1.30. The molecule has 1 heterocycles. The molecule has 0 spiro atoms. The van der Waals surface area contributed by atoms with Crippen LogP contribution in [0, 0.1) is 0 Å². The first-order valence-electron chi connectivity index (χ1n) is 3.74. The van der Waals surface area contributed by atoms with E-state index in [1.54, 1.807) is 7.05 Å². The molecule has 0 saturated carbocycles. The van der Waals surface area contributed by atoms with Gasteiger partial charge in [-0.3, -0.25) is 4.90 Å². The van der Waals surface area contributed by atoms with Gasteiger partial charge in [-0.2, -0.15) is 0 Å². The molecular formula is C7H11FN2O2. The lowest BCUT2D eigenvalue weighted by atomic mass is 10.4. The number of halogens is 1. The van der Waals surface area contributed by atoms with Crippen molar-refractivity contribution < 1.29 is 13.9 Å². The summed E-state index contributed by atoms with van der Waals surface area (Å²) in [6.45, 7) is 0.611. The lowest BCUT2D eigenvalue weighted by Gasteiger charge is -2.15. The Hall–Kier alpha value is -1.13. The second-order valence-electron chi connectivity index (χ2n) is 2.42. The molecule has 1 unspecified atom stereocenters. The van der Waals surface area contributed by atoms with Crippen molar-refractivity contribution in [3.63, 3.8) is 0 Å². The van der Waals surface area contributed by atoms with Crippen molar-refractivity contribution in [2.45, 2.75) is 12.7 Å². The van der Waals surface area contributed by atoms with Crippen LogP contribution in [-0.4, -0.2) is 43.7 Å². The maximum atomic E-state index is 13.1. The molecule has 4 nitrogen and oxygen atoms in total. The van der Waals surface area contributed by atoms with Crippen LogP contribution in [0.15, 0.2) is 4.99 Å². The van der Waals surface area contributed by atoms with Crippen molar-refractivity contribution >= 4 is 12.3 Å². The number of rotatable bonds is 3. The van der Waals surface area contributed by atoms with E-state index in [-0.39, 0.29) is 13.0 Å². The van der Waals surface area contributed by atoms with Crippen LogP contribution < -0.4 is 0 Å². The van der Waals surface area contributed by atoms with E-state index in [9.17, 15) is 9.18 Å². The third-order valence-corrected chi connectivity index (χ3v) is 1.61. The zero-order chi connectivity index (χ0) is 8.97. The largest absolute Gasteiger partial charge is 0.447 e. The molecule has 12 heavy (non-hydrogen) atoms. The van der Waals surface area contributed by atoms with Gasteiger partial charge in [0.2, 0.25) is 0 Å². The normalized spacial score (nSPS) is 20.2. The molecule has 1 fully saturated rings. The van der Waals surface area contributed by atoms with Crippen molar-refractivity contribution in [2.75, 3.05) is 20.2 Å². The van der Waals surface area contributed by atoms with E-state index in [0.29, 0.717) is 6.54 Å². The van der Waals surface area contributed by atoms with E-state index in [1.165, 1.54) is 6.21 Å². The van der Waals surface area contributed by atoms with Gasteiger partial charge in [0, 0.05) is 19.7 Å². The Morgan fingerprint density at radius 3 is 3.17 bits per heavy atom. The summed E-state index contributed by atoms with van der Waals surface area (Å²) in [6.07, 6.45) is -0.308. The van der Waals surface area contributed by atoms with E-state index in [4.69, 9.17) is 0 Å². The maximum Gasteiger partial charge on any atom is 0.412 e. The smallest absolute Gasteiger partial charge is 0.412 e. The Morgan fingerprint density at radius 1 is 1.92 bits per heavy atom. The lowest BCUT2D eigenvalue weighted by Crippen LogP contribution is -2.32. The summed E-state index contributed by atoms with van der Waals surface area (Å²) in [5.41, 5.74) is 0. The minimum Gasteiger partial charge on any atom is -0.447 e. The number of hydrogen-bond acceptors (Lipinski definition) is 3. The molecule has 0 aromatic heterocycles. The van der Waals surface area contributed by atoms with Crippen molar-refractivity contribution in [3.8, 4) is 0 Å².